The molecule has 0 N–H and O–H groups in total. The molecule has 0 atom stereocenters. The highest BCUT2D eigenvalue weighted by Gasteiger charge is 2.20. The van der Waals surface area contributed by atoms with Crippen LogP contribution in [0.5, 0.6) is 5.75 Å². The number of sulfonamides is 1. The van der Waals surface area contributed by atoms with E-state index in [2.05, 4.69) is 0 Å². The molecule has 2 rings (SSSR count). The van der Waals surface area contributed by atoms with Gasteiger partial charge in [0.05, 0.1) is 23.7 Å². The van der Waals surface area contributed by atoms with Crippen LogP contribution in [0, 0.1) is 0 Å². The third-order valence-corrected chi connectivity index (χ3v) is 5.57. The van der Waals surface area contributed by atoms with Crippen molar-refractivity contribution in [3.8, 4) is 5.75 Å². The van der Waals surface area contributed by atoms with Crippen LogP contribution < -0.4 is 4.74 Å². The average molecular weight is 377 g/mol. The van der Waals surface area contributed by atoms with E-state index in [0.29, 0.717) is 25.1 Å². The van der Waals surface area contributed by atoms with Crippen molar-refractivity contribution in [2.45, 2.75) is 18.2 Å². The molecule has 6 nitrogen and oxygen atoms in total. The van der Waals surface area contributed by atoms with E-state index < -0.39 is 16.0 Å². The fraction of sp³-hybridized carbons (Fsp3) is 0.316. The summed E-state index contributed by atoms with van der Waals surface area (Å²) in [7, 11) is -2.09. The van der Waals surface area contributed by atoms with Crippen LogP contribution in [-0.2, 0) is 14.8 Å². The summed E-state index contributed by atoms with van der Waals surface area (Å²) in [6, 6.07) is 15.1. The van der Waals surface area contributed by atoms with Crippen molar-refractivity contribution in [3.63, 3.8) is 0 Å². The zero-order valence-electron chi connectivity index (χ0n) is 14.9. The van der Waals surface area contributed by atoms with Crippen LogP contribution in [-0.4, -0.2) is 45.5 Å². The van der Waals surface area contributed by atoms with Gasteiger partial charge in [-0.15, -0.1) is 0 Å². The second-order valence-corrected chi connectivity index (χ2v) is 7.63. The van der Waals surface area contributed by atoms with Crippen molar-refractivity contribution in [1.29, 1.82) is 0 Å². The molecule has 0 aromatic heterocycles. The van der Waals surface area contributed by atoms with Crippen molar-refractivity contribution >= 4 is 16.0 Å². The number of hydrogen-bond acceptors (Lipinski definition) is 5. The Morgan fingerprint density at radius 1 is 1.04 bits per heavy atom. The number of hydrogen-bond donors (Lipinski definition) is 0. The van der Waals surface area contributed by atoms with E-state index in [1.54, 1.807) is 6.92 Å². The Morgan fingerprint density at radius 3 is 2.31 bits per heavy atom. The minimum atomic E-state index is -3.61. The molecule has 2 aromatic rings. The second-order valence-electron chi connectivity index (χ2n) is 5.59. The summed E-state index contributed by atoms with van der Waals surface area (Å²) in [5.74, 6) is 0.287. The van der Waals surface area contributed by atoms with E-state index in [1.165, 1.54) is 35.6 Å². The quantitative estimate of drug-likeness (QED) is 0.496. The van der Waals surface area contributed by atoms with Gasteiger partial charge in [0.2, 0.25) is 10.0 Å². The van der Waals surface area contributed by atoms with Crippen LogP contribution in [0.4, 0.5) is 0 Å². The molecular weight excluding hydrogens is 354 g/mol. The Labute approximate surface area is 154 Å². The fourth-order valence-corrected chi connectivity index (χ4v) is 3.48. The topological polar surface area (TPSA) is 72.9 Å². The number of esters is 1. The number of benzene rings is 2. The lowest BCUT2D eigenvalue weighted by Crippen LogP contribution is -2.28. The van der Waals surface area contributed by atoms with Gasteiger partial charge in [0, 0.05) is 13.6 Å². The summed E-state index contributed by atoms with van der Waals surface area (Å²) in [5, 5.41) is 0. The van der Waals surface area contributed by atoms with E-state index in [-0.39, 0.29) is 11.5 Å². The molecule has 0 aliphatic carbocycles. The maximum Gasteiger partial charge on any atom is 0.338 e. The minimum Gasteiger partial charge on any atom is -0.494 e. The number of para-hydroxylation sites is 1. The highest BCUT2D eigenvalue weighted by molar-refractivity contribution is 7.89. The van der Waals surface area contributed by atoms with Crippen LogP contribution in [0.15, 0.2) is 59.5 Å². The third-order valence-electron chi connectivity index (χ3n) is 3.70. The summed E-state index contributed by atoms with van der Waals surface area (Å²) >= 11 is 0. The standard InChI is InChI=1S/C19H23NO5S/c1-3-24-19(21)16-10-12-18(13-11-16)26(22,23)20(2)14-7-15-25-17-8-5-4-6-9-17/h4-6,8-13H,3,7,14-15H2,1-2H3. The molecule has 7 heteroatoms. The first kappa shape index (κ1) is 19.9. The summed E-state index contributed by atoms with van der Waals surface area (Å²) in [6.07, 6.45) is 0.561. The van der Waals surface area contributed by atoms with Gasteiger partial charge < -0.3 is 9.47 Å². The Balaban J connectivity index is 1.90. The number of nitrogens with zero attached hydrogens (tertiary/aromatic N) is 1. The number of carbonyl (C=O) groups excluding carboxylic acids is 1. The zero-order chi connectivity index (χ0) is 19.0. The molecule has 2 aromatic carbocycles. The molecule has 0 unspecified atom stereocenters. The van der Waals surface area contributed by atoms with Crippen molar-refractivity contribution < 1.29 is 22.7 Å². The summed E-state index contributed by atoms with van der Waals surface area (Å²) in [4.78, 5) is 11.8. The van der Waals surface area contributed by atoms with Gasteiger partial charge >= 0.3 is 5.97 Å². The molecule has 26 heavy (non-hydrogen) atoms. The summed E-state index contributed by atoms with van der Waals surface area (Å²) < 4.78 is 36.9. The number of ether oxygens (including phenoxy) is 2. The average Bonchev–Trinajstić information content (AvgIpc) is 2.66. The Morgan fingerprint density at radius 2 is 1.69 bits per heavy atom. The van der Waals surface area contributed by atoms with Gasteiger partial charge in [-0.05, 0) is 49.7 Å². The maximum atomic E-state index is 12.6. The molecule has 0 aliphatic heterocycles. The largest absolute Gasteiger partial charge is 0.494 e. The molecule has 0 radical (unpaired) electrons. The monoisotopic (exact) mass is 377 g/mol. The van der Waals surface area contributed by atoms with Gasteiger partial charge in [-0.2, -0.15) is 0 Å². The van der Waals surface area contributed by atoms with E-state index in [4.69, 9.17) is 9.47 Å². The predicted molar refractivity (Wildman–Crippen MR) is 98.8 cm³/mol. The normalized spacial score (nSPS) is 11.3. The van der Waals surface area contributed by atoms with Crippen molar-refractivity contribution in [1.82, 2.24) is 4.31 Å². The smallest absolute Gasteiger partial charge is 0.338 e. The summed E-state index contributed by atoms with van der Waals surface area (Å²) in [5.41, 5.74) is 0.324. The predicted octanol–water partition coefficient (Wildman–Crippen LogP) is 2.95. The van der Waals surface area contributed by atoms with Crippen LogP contribution in [0.3, 0.4) is 0 Å². The number of rotatable bonds is 9. The molecule has 0 spiro atoms. The molecule has 0 heterocycles. The van der Waals surface area contributed by atoms with Gasteiger partial charge in [0.25, 0.3) is 0 Å². The third kappa shape index (κ3) is 5.31. The van der Waals surface area contributed by atoms with E-state index in [9.17, 15) is 13.2 Å². The molecule has 0 fully saturated rings. The SMILES string of the molecule is CCOC(=O)c1ccc(S(=O)(=O)N(C)CCCOc2ccccc2)cc1. The van der Waals surface area contributed by atoms with Gasteiger partial charge in [0.1, 0.15) is 5.75 Å². The Bertz CT molecular complexity index is 804. The summed E-state index contributed by atoms with van der Waals surface area (Å²) in [6.45, 7) is 2.74. The lowest BCUT2D eigenvalue weighted by atomic mass is 10.2. The first-order valence-electron chi connectivity index (χ1n) is 8.36. The van der Waals surface area contributed by atoms with Crippen LogP contribution in [0.2, 0.25) is 0 Å². The first-order valence-corrected chi connectivity index (χ1v) is 9.80. The van der Waals surface area contributed by atoms with Gasteiger partial charge in [-0.3, -0.25) is 0 Å². The van der Waals surface area contributed by atoms with Crippen molar-refractivity contribution in [3.05, 3.63) is 60.2 Å². The van der Waals surface area contributed by atoms with Crippen LogP contribution in [0.1, 0.15) is 23.7 Å². The van der Waals surface area contributed by atoms with Crippen molar-refractivity contribution in [2.24, 2.45) is 0 Å². The molecule has 0 amide bonds. The molecular formula is C19H23NO5S. The fourth-order valence-electron chi connectivity index (χ4n) is 2.27. The van der Waals surface area contributed by atoms with E-state index in [0.717, 1.165) is 5.75 Å². The minimum absolute atomic E-state index is 0.136. The number of carbonyl (C=O) groups is 1. The lowest BCUT2D eigenvalue weighted by molar-refractivity contribution is 0.0526. The molecule has 0 saturated carbocycles. The first-order chi connectivity index (χ1) is 12.4. The molecule has 0 aliphatic rings. The Kier molecular flexibility index (Phi) is 7.17. The second kappa shape index (κ2) is 9.35. The Hall–Kier alpha value is -2.38. The maximum absolute atomic E-state index is 12.6. The molecule has 0 saturated heterocycles. The lowest BCUT2D eigenvalue weighted by Gasteiger charge is -2.17. The highest BCUT2D eigenvalue weighted by Crippen LogP contribution is 2.16. The van der Waals surface area contributed by atoms with Gasteiger partial charge in [-0.25, -0.2) is 17.5 Å². The van der Waals surface area contributed by atoms with E-state index in [1.807, 2.05) is 30.3 Å². The van der Waals surface area contributed by atoms with Crippen molar-refractivity contribution in [2.75, 3.05) is 26.8 Å². The van der Waals surface area contributed by atoms with Crippen LogP contribution in [0.25, 0.3) is 0 Å². The van der Waals surface area contributed by atoms with Gasteiger partial charge in [0.15, 0.2) is 0 Å². The van der Waals surface area contributed by atoms with Gasteiger partial charge in [-0.1, -0.05) is 18.2 Å². The van der Waals surface area contributed by atoms with Crippen LogP contribution >= 0.6 is 0 Å². The molecule has 140 valence electrons. The molecule has 0 bridgehead atoms. The zero-order valence-corrected chi connectivity index (χ0v) is 15.7. The van der Waals surface area contributed by atoms with E-state index >= 15 is 0 Å². The highest BCUT2D eigenvalue weighted by atomic mass is 32.2.